The summed E-state index contributed by atoms with van der Waals surface area (Å²) in [6.45, 7) is 8.68. The molecule has 3 aromatic rings. The van der Waals surface area contributed by atoms with Crippen molar-refractivity contribution in [3.8, 4) is 0 Å². The number of halogens is 1. The van der Waals surface area contributed by atoms with Crippen LogP contribution in [0.5, 0.6) is 0 Å². The highest BCUT2D eigenvalue weighted by atomic mass is 127. The molecular formula is C24H28IN5O2S. The molecular weight excluding hydrogens is 549 g/mol. The number of nitrogens with one attached hydrogen (secondary N) is 2. The maximum absolute atomic E-state index is 12.7. The zero-order valence-corrected chi connectivity index (χ0v) is 22.1. The predicted octanol–water partition coefficient (Wildman–Crippen LogP) is 5.07. The smallest absolute Gasteiger partial charge is 0.251 e. The van der Waals surface area contributed by atoms with E-state index in [-0.39, 0.29) is 29.5 Å². The predicted molar refractivity (Wildman–Crippen MR) is 140 cm³/mol. The highest BCUT2D eigenvalue weighted by Crippen LogP contribution is 2.26. The zero-order chi connectivity index (χ0) is 24.0. The van der Waals surface area contributed by atoms with Crippen LogP contribution >= 0.6 is 34.4 Å². The largest absolute Gasteiger partial charge is 0.342 e. The number of benzene rings is 2. The van der Waals surface area contributed by atoms with E-state index >= 15 is 0 Å². The van der Waals surface area contributed by atoms with Gasteiger partial charge in [-0.25, -0.2) is 0 Å². The van der Waals surface area contributed by atoms with Crippen LogP contribution < -0.4 is 10.6 Å². The van der Waals surface area contributed by atoms with Gasteiger partial charge >= 0.3 is 0 Å². The van der Waals surface area contributed by atoms with Crippen molar-refractivity contribution in [1.29, 1.82) is 0 Å². The Morgan fingerprint density at radius 1 is 1.12 bits per heavy atom. The lowest BCUT2D eigenvalue weighted by atomic mass is 10.0. The summed E-state index contributed by atoms with van der Waals surface area (Å²) >= 11 is 3.59. The van der Waals surface area contributed by atoms with E-state index in [4.69, 9.17) is 0 Å². The highest BCUT2D eigenvalue weighted by molar-refractivity contribution is 14.1. The lowest BCUT2D eigenvalue weighted by molar-refractivity contribution is -0.113. The van der Waals surface area contributed by atoms with Gasteiger partial charge < -0.3 is 15.2 Å². The summed E-state index contributed by atoms with van der Waals surface area (Å²) in [5.41, 5.74) is 2.43. The Labute approximate surface area is 212 Å². The van der Waals surface area contributed by atoms with E-state index in [1.807, 2.05) is 68.7 Å². The number of hydrogen-bond donors (Lipinski definition) is 2. The molecule has 1 heterocycles. The molecule has 2 amide bonds. The molecule has 0 unspecified atom stereocenters. The minimum absolute atomic E-state index is 0.102. The topological polar surface area (TPSA) is 88.9 Å². The number of anilines is 1. The number of amides is 2. The summed E-state index contributed by atoms with van der Waals surface area (Å²) in [6, 6.07) is 14.7. The Morgan fingerprint density at radius 2 is 1.85 bits per heavy atom. The summed E-state index contributed by atoms with van der Waals surface area (Å²) in [4.78, 5) is 25.3. The van der Waals surface area contributed by atoms with Crippen molar-refractivity contribution in [3.63, 3.8) is 0 Å². The quantitative estimate of drug-likeness (QED) is 0.274. The first-order chi connectivity index (χ1) is 15.8. The molecule has 0 aliphatic heterocycles. The molecule has 0 saturated heterocycles. The van der Waals surface area contributed by atoms with Gasteiger partial charge in [-0.05, 0) is 78.3 Å². The number of thioether (sulfide) groups is 1. The van der Waals surface area contributed by atoms with Crippen molar-refractivity contribution in [2.24, 2.45) is 5.92 Å². The Kier molecular flexibility index (Phi) is 8.90. The van der Waals surface area contributed by atoms with Crippen molar-refractivity contribution >= 4 is 51.9 Å². The lowest BCUT2D eigenvalue weighted by Crippen LogP contribution is -2.33. The third-order valence-corrected chi connectivity index (χ3v) is 6.76. The van der Waals surface area contributed by atoms with Gasteiger partial charge in [0.1, 0.15) is 0 Å². The second-order valence-corrected chi connectivity index (χ2v) is 10.1. The summed E-state index contributed by atoms with van der Waals surface area (Å²) in [6.07, 6.45) is 0. The van der Waals surface area contributed by atoms with Crippen LogP contribution in [0.3, 0.4) is 0 Å². The molecule has 2 aromatic carbocycles. The fourth-order valence-corrected chi connectivity index (χ4v) is 4.82. The number of rotatable bonds is 9. The summed E-state index contributed by atoms with van der Waals surface area (Å²) in [5, 5.41) is 15.4. The van der Waals surface area contributed by atoms with Gasteiger partial charge in [-0.2, -0.15) is 0 Å². The van der Waals surface area contributed by atoms with E-state index in [2.05, 4.69) is 43.4 Å². The molecule has 0 radical (unpaired) electrons. The molecule has 2 N–H and O–H groups in total. The Bertz CT molecular complexity index is 1120. The van der Waals surface area contributed by atoms with Crippen LogP contribution in [0.1, 0.15) is 48.6 Å². The molecule has 0 fully saturated rings. The molecule has 174 valence electrons. The average molecular weight is 577 g/mol. The first-order valence-corrected chi connectivity index (χ1v) is 12.8. The molecule has 9 heteroatoms. The molecule has 3 rings (SSSR count). The van der Waals surface area contributed by atoms with Crippen LogP contribution in [0.25, 0.3) is 0 Å². The van der Waals surface area contributed by atoms with Crippen LogP contribution in [0.2, 0.25) is 0 Å². The van der Waals surface area contributed by atoms with E-state index in [9.17, 15) is 9.59 Å². The van der Waals surface area contributed by atoms with E-state index in [0.717, 1.165) is 14.8 Å². The molecule has 0 bridgehead atoms. The lowest BCUT2D eigenvalue weighted by Gasteiger charge is -2.22. The highest BCUT2D eigenvalue weighted by Gasteiger charge is 2.26. The van der Waals surface area contributed by atoms with Crippen molar-refractivity contribution in [2.75, 3.05) is 11.1 Å². The fourth-order valence-electron chi connectivity index (χ4n) is 3.36. The average Bonchev–Trinajstić information content (AvgIpc) is 3.20. The zero-order valence-electron chi connectivity index (χ0n) is 19.1. The Hall–Kier alpha value is -2.40. The summed E-state index contributed by atoms with van der Waals surface area (Å²) < 4.78 is 3.09. The van der Waals surface area contributed by atoms with Gasteiger partial charge in [-0.15, -0.1) is 10.2 Å². The monoisotopic (exact) mass is 577 g/mol. The van der Waals surface area contributed by atoms with Crippen molar-refractivity contribution in [2.45, 2.75) is 45.4 Å². The second-order valence-electron chi connectivity index (χ2n) is 7.94. The fraction of sp³-hybridized carbons (Fsp3) is 0.333. The van der Waals surface area contributed by atoms with E-state index < -0.39 is 0 Å². The van der Waals surface area contributed by atoms with Crippen molar-refractivity contribution in [1.82, 2.24) is 20.1 Å². The van der Waals surface area contributed by atoms with Gasteiger partial charge in [0, 0.05) is 21.4 Å². The molecule has 0 aliphatic rings. The molecule has 33 heavy (non-hydrogen) atoms. The number of nitrogens with zero attached hydrogens (tertiary/aromatic N) is 3. The minimum Gasteiger partial charge on any atom is -0.342 e. The molecule has 1 aromatic heterocycles. The van der Waals surface area contributed by atoms with Crippen LogP contribution in [0.15, 0.2) is 53.7 Å². The van der Waals surface area contributed by atoms with Crippen LogP contribution in [-0.4, -0.2) is 32.3 Å². The van der Waals surface area contributed by atoms with Crippen molar-refractivity contribution < 1.29 is 9.59 Å². The van der Waals surface area contributed by atoms with Crippen LogP contribution in [0.4, 0.5) is 5.69 Å². The number of aryl methyl sites for hydroxylation is 1. The normalized spacial score (nSPS) is 11.9. The Morgan fingerprint density at radius 3 is 2.48 bits per heavy atom. The maximum atomic E-state index is 12.7. The van der Waals surface area contributed by atoms with E-state index in [1.165, 1.54) is 11.8 Å². The molecule has 7 nitrogen and oxygen atoms in total. The van der Waals surface area contributed by atoms with Crippen LogP contribution in [0, 0.1) is 16.4 Å². The second kappa shape index (κ2) is 11.6. The van der Waals surface area contributed by atoms with Gasteiger partial charge in [0.2, 0.25) is 5.91 Å². The standard InChI is InChI=1S/C24H28IN5O2S/c1-5-30-22(21(15(2)3)27-23(32)17-9-7-6-8-10-17)28-29-24(30)33-14-20(31)26-19-12-11-18(25)13-16(19)4/h6-13,15,21H,5,14H2,1-4H3,(H,26,31)(H,27,32)/t21-/m0/s1. The summed E-state index contributed by atoms with van der Waals surface area (Å²) in [7, 11) is 0. The SMILES string of the molecule is CCn1c(SCC(=O)Nc2ccc(I)cc2C)nnc1[C@@H](NC(=O)c1ccccc1)C(C)C. The van der Waals surface area contributed by atoms with Gasteiger partial charge in [0.25, 0.3) is 5.91 Å². The molecule has 1 atom stereocenters. The van der Waals surface area contributed by atoms with Gasteiger partial charge in [0.05, 0.1) is 11.8 Å². The maximum Gasteiger partial charge on any atom is 0.251 e. The Balaban J connectivity index is 1.70. The van der Waals surface area contributed by atoms with Gasteiger partial charge in [-0.1, -0.05) is 43.8 Å². The van der Waals surface area contributed by atoms with E-state index in [0.29, 0.717) is 23.1 Å². The number of hydrogen-bond acceptors (Lipinski definition) is 5. The third kappa shape index (κ3) is 6.57. The first-order valence-electron chi connectivity index (χ1n) is 10.8. The minimum atomic E-state index is -0.303. The van der Waals surface area contributed by atoms with Gasteiger partial charge in [-0.3, -0.25) is 9.59 Å². The van der Waals surface area contributed by atoms with Crippen molar-refractivity contribution in [3.05, 3.63) is 69.1 Å². The number of carbonyl (C=O) groups excluding carboxylic acids is 2. The van der Waals surface area contributed by atoms with E-state index in [1.54, 1.807) is 12.1 Å². The van der Waals surface area contributed by atoms with Crippen LogP contribution in [-0.2, 0) is 11.3 Å². The van der Waals surface area contributed by atoms with Gasteiger partial charge in [0.15, 0.2) is 11.0 Å². The number of carbonyl (C=O) groups is 2. The molecule has 0 saturated carbocycles. The third-order valence-electron chi connectivity index (χ3n) is 5.12. The summed E-state index contributed by atoms with van der Waals surface area (Å²) in [5.74, 6) is 0.757. The first kappa shape index (κ1) is 25.2. The number of aromatic nitrogens is 3. The molecule has 0 spiro atoms. The molecule has 0 aliphatic carbocycles.